The van der Waals surface area contributed by atoms with Crippen LogP contribution in [0.25, 0.3) is 0 Å². The highest BCUT2D eigenvalue weighted by atomic mass is 32.2. The zero-order chi connectivity index (χ0) is 15.3. The summed E-state index contributed by atoms with van der Waals surface area (Å²) in [6.07, 6.45) is 1.92. The topological polar surface area (TPSA) is 58.2 Å². The Labute approximate surface area is 124 Å². The van der Waals surface area contributed by atoms with E-state index in [-0.39, 0.29) is 22.5 Å². The normalized spacial score (nSPS) is 13.4. The molecule has 1 rings (SSSR count). The van der Waals surface area contributed by atoms with E-state index in [0.717, 1.165) is 0 Å². The molecule has 0 aromatic heterocycles. The highest BCUT2D eigenvalue weighted by Crippen LogP contribution is 2.19. The van der Waals surface area contributed by atoms with Crippen LogP contribution < -0.4 is 10.0 Å². The van der Waals surface area contributed by atoms with Crippen LogP contribution in [0.2, 0.25) is 0 Å². The van der Waals surface area contributed by atoms with Crippen molar-refractivity contribution in [3.63, 3.8) is 0 Å². The van der Waals surface area contributed by atoms with Crippen LogP contribution in [0.15, 0.2) is 17.0 Å². The second-order valence-electron chi connectivity index (χ2n) is 4.64. The van der Waals surface area contributed by atoms with Crippen LogP contribution in [-0.2, 0) is 16.6 Å². The Morgan fingerprint density at radius 2 is 2.05 bits per heavy atom. The van der Waals surface area contributed by atoms with Crippen molar-refractivity contribution < 1.29 is 12.8 Å². The molecule has 7 heteroatoms. The Morgan fingerprint density at radius 1 is 1.40 bits per heavy atom. The molecule has 114 valence electrons. The first-order chi connectivity index (χ1) is 9.31. The summed E-state index contributed by atoms with van der Waals surface area (Å²) in [5, 5.41) is 3.01. The van der Waals surface area contributed by atoms with Crippen LogP contribution in [0.5, 0.6) is 0 Å². The van der Waals surface area contributed by atoms with E-state index in [1.807, 2.05) is 13.2 Å². The Hall–Kier alpha value is -0.630. The number of aryl methyl sites for hydroxylation is 1. The number of benzene rings is 1. The van der Waals surface area contributed by atoms with Gasteiger partial charge < -0.3 is 5.32 Å². The second kappa shape index (κ2) is 7.40. The molecule has 20 heavy (non-hydrogen) atoms. The van der Waals surface area contributed by atoms with Gasteiger partial charge in [-0.15, -0.1) is 0 Å². The van der Waals surface area contributed by atoms with Crippen LogP contribution in [0.1, 0.15) is 18.1 Å². The molecule has 0 aliphatic rings. The van der Waals surface area contributed by atoms with E-state index in [1.54, 1.807) is 25.7 Å². The summed E-state index contributed by atoms with van der Waals surface area (Å²) in [5.41, 5.74) is 0.682. The molecular formula is C13H21FN2O2S2. The molecule has 0 heterocycles. The summed E-state index contributed by atoms with van der Waals surface area (Å²) in [4.78, 5) is 0.106. The van der Waals surface area contributed by atoms with E-state index in [0.29, 0.717) is 17.7 Å². The average molecular weight is 320 g/mol. The summed E-state index contributed by atoms with van der Waals surface area (Å²) in [5.74, 6) is -0.365. The lowest BCUT2D eigenvalue weighted by Crippen LogP contribution is -2.29. The first-order valence-corrected chi connectivity index (χ1v) is 9.05. The zero-order valence-corrected chi connectivity index (χ0v) is 13.8. The van der Waals surface area contributed by atoms with Crippen LogP contribution in [0, 0.1) is 12.7 Å². The minimum atomic E-state index is -3.60. The molecule has 0 aliphatic carbocycles. The SMILES string of the molecule is CNCc1cc(S(=O)(=O)NCC(C)SC)cc(C)c1F. The molecule has 1 aromatic carbocycles. The Morgan fingerprint density at radius 3 is 2.60 bits per heavy atom. The molecule has 0 fully saturated rings. The number of thioether (sulfide) groups is 1. The molecule has 2 N–H and O–H groups in total. The molecule has 0 amide bonds. The van der Waals surface area contributed by atoms with Crippen molar-refractivity contribution in [2.24, 2.45) is 0 Å². The molecule has 1 unspecified atom stereocenters. The summed E-state index contributed by atoms with van der Waals surface area (Å²) in [6, 6.07) is 2.74. The van der Waals surface area contributed by atoms with Gasteiger partial charge in [-0.1, -0.05) is 6.92 Å². The van der Waals surface area contributed by atoms with Crippen molar-refractivity contribution in [2.75, 3.05) is 19.8 Å². The highest BCUT2D eigenvalue weighted by molar-refractivity contribution is 7.99. The third-order valence-corrected chi connectivity index (χ3v) is 5.32. The molecule has 1 atom stereocenters. The third kappa shape index (κ3) is 4.44. The standard InChI is InChI=1S/C13H21FN2O2S2/c1-9-5-12(6-11(8-15-3)13(9)14)20(17,18)16-7-10(2)19-4/h5-6,10,15-16H,7-8H2,1-4H3. The van der Waals surface area contributed by atoms with Gasteiger partial charge in [-0.3, -0.25) is 0 Å². The molecule has 0 radical (unpaired) electrons. The molecule has 0 aliphatic heterocycles. The van der Waals surface area contributed by atoms with E-state index < -0.39 is 10.0 Å². The Kier molecular flexibility index (Phi) is 6.44. The maximum atomic E-state index is 13.9. The van der Waals surface area contributed by atoms with Crippen LogP contribution in [0.4, 0.5) is 4.39 Å². The van der Waals surface area contributed by atoms with Gasteiger partial charge in [0.15, 0.2) is 0 Å². The number of hydrogen-bond donors (Lipinski definition) is 2. The van der Waals surface area contributed by atoms with Crippen molar-refractivity contribution >= 4 is 21.8 Å². The Balaban J connectivity index is 3.06. The van der Waals surface area contributed by atoms with Crippen molar-refractivity contribution in [1.29, 1.82) is 0 Å². The number of halogens is 1. The van der Waals surface area contributed by atoms with Crippen LogP contribution in [0.3, 0.4) is 0 Å². The summed E-state index contributed by atoms with van der Waals surface area (Å²) in [6.45, 7) is 4.14. The van der Waals surface area contributed by atoms with Gasteiger partial charge in [-0.25, -0.2) is 17.5 Å². The van der Waals surface area contributed by atoms with E-state index in [2.05, 4.69) is 10.0 Å². The zero-order valence-electron chi connectivity index (χ0n) is 12.2. The van der Waals surface area contributed by atoms with Gasteiger partial charge in [0.1, 0.15) is 5.82 Å². The largest absolute Gasteiger partial charge is 0.316 e. The van der Waals surface area contributed by atoms with Crippen molar-refractivity contribution in [1.82, 2.24) is 10.0 Å². The van der Waals surface area contributed by atoms with Crippen LogP contribution in [-0.4, -0.2) is 33.5 Å². The number of hydrogen-bond acceptors (Lipinski definition) is 4. The fourth-order valence-electron chi connectivity index (χ4n) is 1.67. The number of rotatable bonds is 7. The minimum Gasteiger partial charge on any atom is -0.316 e. The predicted molar refractivity (Wildman–Crippen MR) is 82.1 cm³/mol. The predicted octanol–water partition coefficient (Wildman–Crippen LogP) is 1.88. The molecule has 0 spiro atoms. The maximum absolute atomic E-state index is 13.9. The van der Waals surface area contributed by atoms with Crippen molar-refractivity contribution in [2.45, 2.75) is 30.5 Å². The third-order valence-electron chi connectivity index (χ3n) is 2.94. The first-order valence-electron chi connectivity index (χ1n) is 6.28. The molecule has 1 aromatic rings. The van der Waals surface area contributed by atoms with Gasteiger partial charge in [0.25, 0.3) is 0 Å². The lowest BCUT2D eigenvalue weighted by molar-refractivity contribution is 0.575. The maximum Gasteiger partial charge on any atom is 0.240 e. The van der Waals surface area contributed by atoms with Gasteiger partial charge >= 0.3 is 0 Å². The van der Waals surface area contributed by atoms with Gasteiger partial charge in [-0.2, -0.15) is 11.8 Å². The van der Waals surface area contributed by atoms with Gasteiger partial charge in [0.2, 0.25) is 10.0 Å². The van der Waals surface area contributed by atoms with Gasteiger partial charge in [-0.05, 0) is 37.9 Å². The lowest BCUT2D eigenvalue weighted by Gasteiger charge is -2.13. The van der Waals surface area contributed by atoms with Crippen molar-refractivity contribution in [3.8, 4) is 0 Å². The van der Waals surface area contributed by atoms with Crippen LogP contribution >= 0.6 is 11.8 Å². The first kappa shape index (κ1) is 17.4. The van der Waals surface area contributed by atoms with E-state index in [9.17, 15) is 12.8 Å². The molecule has 0 bridgehead atoms. The smallest absolute Gasteiger partial charge is 0.240 e. The summed E-state index contributed by atoms with van der Waals surface area (Å²) in [7, 11) is -1.91. The summed E-state index contributed by atoms with van der Waals surface area (Å²) >= 11 is 1.58. The number of sulfonamides is 1. The lowest BCUT2D eigenvalue weighted by atomic mass is 10.1. The second-order valence-corrected chi connectivity index (χ2v) is 7.68. The molecule has 4 nitrogen and oxygen atoms in total. The average Bonchev–Trinajstić information content (AvgIpc) is 2.41. The van der Waals surface area contributed by atoms with E-state index in [4.69, 9.17) is 0 Å². The highest BCUT2D eigenvalue weighted by Gasteiger charge is 2.18. The molecule has 0 saturated heterocycles. The fraction of sp³-hybridized carbons (Fsp3) is 0.538. The fourth-order valence-corrected chi connectivity index (χ4v) is 3.30. The molecule has 0 saturated carbocycles. The Bertz CT molecular complexity index is 562. The van der Waals surface area contributed by atoms with Gasteiger partial charge in [0.05, 0.1) is 4.90 Å². The monoisotopic (exact) mass is 320 g/mol. The summed E-state index contributed by atoms with van der Waals surface area (Å²) < 4.78 is 40.8. The van der Waals surface area contributed by atoms with Crippen molar-refractivity contribution in [3.05, 3.63) is 29.1 Å². The van der Waals surface area contributed by atoms with E-state index in [1.165, 1.54) is 12.1 Å². The minimum absolute atomic E-state index is 0.106. The van der Waals surface area contributed by atoms with E-state index >= 15 is 0 Å². The molecular weight excluding hydrogens is 299 g/mol. The van der Waals surface area contributed by atoms with Gasteiger partial charge in [0, 0.05) is 23.9 Å². The number of nitrogens with one attached hydrogen (secondary N) is 2. The quantitative estimate of drug-likeness (QED) is 0.805.